The molecule has 0 unspecified atom stereocenters. The Bertz CT molecular complexity index is 273. The van der Waals surface area contributed by atoms with Crippen molar-refractivity contribution in [2.75, 3.05) is 7.11 Å². The number of carboxylic acid groups (broad SMARTS) is 1. The maximum Gasteiger partial charge on any atom is 0.335 e. The van der Waals surface area contributed by atoms with Crippen molar-refractivity contribution < 1.29 is 14.6 Å². The van der Waals surface area contributed by atoms with Crippen LogP contribution in [-0.4, -0.2) is 18.2 Å². The number of ether oxygens (including phenoxy) is 1. The number of aromatic carboxylic acids is 1. The second kappa shape index (κ2) is 4.35. The normalized spacial score (nSPS) is 8.42. The van der Waals surface area contributed by atoms with Crippen LogP contribution in [0.15, 0.2) is 24.3 Å². The summed E-state index contributed by atoms with van der Waals surface area (Å²) >= 11 is 0. The third-order valence-corrected chi connectivity index (χ3v) is 1.32. The van der Waals surface area contributed by atoms with Gasteiger partial charge in [-0.1, -0.05) is 6.07 Å². The number of carboxylic acids is 1. The van der Waals surface area contributed by atoms with Gasteiger partial charge in [-0.15, -0.1) is 0 Å². The van der Waals surface area contributed by atoms with E-state index in [0.29, 0.717) is 5.75 Å². The van der Waals surface area contributed by atoms with Gasteiger partial charge in [0.25, 0.3) is 0 Å². The van der Waals surface area contributed by atoms with E-state index in [0.717, 1.165) is 0 Å². The molecule has 66 valence electrons. The SMILES string of the molecule is COc1cccc(C(=O)O)c1.[NH4+]. The molecule has 4 nitrogen and oxygen atoms in total. The van der Waals surface area contributed by atoms with E-state index in [1.807, 2.05) is 0 Å². The van der Waals surface area contributed by atoms with Gasteiger partial charge in [0.05, 0.1) is 12.7 Å². The van der Waals surface area contributed by atoms with Gasteiger partial charge in [-0.3, -0.25) is 0 Å². The predicted octanol–water partition coefficient (Wildman–Crippen LogP) is 1.77. The molecule has 12 heavy (non-hydrogen) atoms. The number of methoxy groups -OCH3 is 1. The van der Waals surface area contributed by atoms with Crippen molar-refractivity contribution in [1.82, 2.24) is 6.15 Å². The lowest BCUT2D eigenvalue weighted by atomic mass is 10.2. The Balaban J connectivity index is 0.00000121. The predicted molar refractivity (Wildman–Crippen MR) is 45.9 cm³/mol. The van der Waals surface area contributed by atoms with E-state index in [-0.39, 0.29) is 11.7 Å². The van der Waals surface area contributed by atoms with Crippen LogP contribution in [0.3, 0.4) is 0 Å². The van der Waals surface area contributed by atoms with E-state index in [4.69, 9.17) is 9.84 Å². The van der Waals surface area contributed by atoms with Gasteiger partial charge in [0.15, 0.2) is 0 Å². The topological polar surface area (TPSA) is 83.0 Å². The second-order valence-electron chi connectivity index (χ2n) is 2.04. The zero-order valence-corrected chi connectivity index (χ0v) is 7.07. The van der Waals surface area contributed by atoms with Crippen LogP contribution in [0.2, 0.25) is 0 Å². The summed E-state index contributed by atoms with van der Waals surface area (Å²) in [5, 5.41) is 8.55. The largest absolute Gasteiger partial charge is 0.497 e. The van der Waals surface area contributed by atoms with Crippen LogP contribution in [0.25, 0.3) is 0 Å². The quantitative estimate of drug-likeness (QED) is 0.709. The van der Waals surface area contributed by atoms with Crippen LogP contribution in [0.1, 0.15) is 10.4 Å². The van der Waals surface area contributed by atoms with Crippen LogP contribution in [0, 0.1) is 0 Å². The van der Waals surface area contributed by atoms with Crippen molar-refractivity contribution in [1.29, 1.82) is 0 Å². The number of benzene rings is 1. The van der Waals surface area contributed by atoms with E-state index in [2.05, 4.69) is 0 Å². The molecule has 0 heterocycles. The number of hydrogen-bond donors (Lipinski definition) is 2. The van der Waals surface area contributed by atoms with Crippen molar-refractivity contribution >= 4 is 5.97 Å². The lowest BCUT2D eigenvalue weighted by Gasteiger charge is -1.98. The Labute approximate surface area is 70.4 Å². The molecule has 5 N–H and O–H groups in total. The van der Waals surface area contributed by atoms with Crippen LogP contribution in [0.5, 0.6) is 5.75 Å². The summed E-state index contributed by atoms with van der Waals surface area (Å²) in [5.41, 5.74) is 0.240. The van der Waals surface area contributed by atoms with Crippen molar-refractivity contribution in [3.05, 3.63) is 29.8 Å². The van der Waals surface area contributed by atoms with Gasteiger partial charge >= 0.3 is 5.97 Å². The number of rotatable bonds is 2. The first-order valence-corrected chi connectivity index (χ1v) is 3.11. The van der Waals surface area contributed by atoms with Crippen molar-refractivity contribution in [2.45, 2.75) is 0 Å². The molecule has 0 atom stereocenters. The van der Waals surface area contributed by atoms with Gasteiger partial charge in [-0.25, -0.2) is 4.79 Å². The Morgan fingerprint density at radius 2 is 2.17 bits per heavy atom. The molecule has 1 aromatic carbocycles. The highest BCUT2D eigenvalue weighted by atomic mass is 16.5. The van der Waals surface area contributed by atoms with Crippen LogP contribution in [-0.2, 0) is 0 Å². The highest BCUT2D eigenvalue weighted by molar-refractivity contribution is 5.87. The van der Waals surface area contributed by atoms with Gasteiger partial charge in [-0.05, 0) is 18.2 Å². The van der Waals surface area contributed by atoms with Crippen molar-refractivity contribution in [2.24, 2.45) is 0 Å². The molecule has 1 rings (SSSR count). The Morgan fingerprint density at radius 3 is 2.67 bits per heavy atom. The Kier molecular flexibility index (Phi) is 3.79. The third-order valence-electron chi connectivity index (χ3n) is 1.32. The van der Waals surface area contributed by atoms with Gasteiger partial charge < -0.3 is 16.0 Å². The fourth-order valence-corrected chi connectivity index (χ4v) is 0.756. The lowest BCUT2D eigenvalue weighted by Crippen LogP contribution is -1.95. The fraction of sp³-hybridized carbons (Fsp3) is 0.125. The monoisotopic (exact) mass is 170 g/mol. The summed E-state index contributed by atoms with van der Waals surface area (Å²) in [7, 11) is 1.50. The average Bonchev–Trinajstić information content (AvgIpc) is 2.05. The summed E-state index contributed by atoms with van der Waals surface area (Å²) in [5.74, 6) is -0.381. The molecule has 1 aromatic rings. The molecule has 4 heteroatoms. The minimum atomic E-state index is -0.941. The van der Waals surface area contributed by atoms with Gasteiger partial charge in [0.2, 0.25) is 0 Å². The minimum Gasteiger partial charge on any atom is -0.497 e. The molecule has 0 aliphatic rings. The molecular formula is C8H12NO3+. The first kappa shape index (κ1) is 10.4. The lowest BCUT2D eigenvalue weighted by molar-refractivity contribution is 0.0696. The molecule has 0 aromatic heterocycles. The number of hydrogen-bond acceptors (Lipinski definition) is 2. The standard InChI is InChI=1S/C8H8O3.H3N/c1-11-7-4-2-3-6(5-7)8(9)10;/h2-5H,1H3,(H,9,10);1H3/p+1. The van der Waals surface area contributed by atoms with Gasteiger partial charge in [-0.2, -0.15) is 0 Å². The summed E-state index contributed by atoms with van der Waals surface area (Å²) in [6.45, 7) is 0. The number of quaternary nitrogens is 1. The zero-order chi connectivity index (χ0) is 8.27. The smallest absolute Gasteiger partial charge is 0.335 e. The second-order valence-corrected chi connectivity index (χ2v) is 2.04. The minimum absolute atomic E-state index is 0. The summed E-state index contributed by atoms with van der Waals surface area (Å²) in [6, 6.07) is 6.34. The van der Waals surface area contributed by atoms with Crippen LogP contribution < -0.4 is 10.9 Å². The molecule has 0 aliphatic heterocycles. The van der Waals surface area contributed by atoms with E-state index in [1.54, 1.807) is 12.1 Å². The first-order chi connectivity index (χ1) is 5.24. The van der Waals surface area contributed by atoms with Gasteiger partial charge in [0.1, 0.15) is 5.75 Å². The molecule has 0 saturated heterocycles. The third kappa shape index (κ3) is 2.25. The maximum atomic E-state index is 10.4. The molecule has 0 aliphatic carbocycles. The highest BCUT2D eigenvalue weighted by Gasteiger charge is 2.01. The molecule has 0 fully saturated rings. The molecule has 0 spiro atoms. The van der Waals surface area contributed by atoms with Crippen molar-refractivity contribution in [3.63, 3.8) is 0 Å². The fourth-order valence-electron chi connectivity index (χ4n) is 0.756. The first-order valence-electron chi connectivity index (χ1n) is 3.11. The molecule has 0 amide bonds. The average molecular weight is 170 g/mol. The summed E-state index contributed by atoms with van der Waals surface area (Å²) in [4.78, 5) is 10.4. The molecule has 0 bridgehead atoms. The van der Waals surface area contributed by atoms with E-state index in [1.165, 1.54) is 19.2 Å². The molecular weight excluding hydrogens is 158 g/mol. The van der Waals surface area contributed by atoms with E-state index in [9.17, 15) is 4.79 Å². The van der Waals surface area contributed by atoms with Gasteiger partial charge in [0, 0.05) is 0 Å². The highest BCUT2D eigenvalue weighted by Crippen LogP contribution is 2.11. The van der Waals surface area contributed by atoms with Crippen LogP contribution in [0.4, 0.5) is 0 Å². The Morgan fingerprint density at radius 1 is 1.50 bits per heavy atom. The van der Waals surface area contributed by atoms with Crippen molar-refractivity contribution in [3.8, 4) is 5.75 Å². The van der Waals surface area contributed by atoms with E-state index < -0.39 is 5.97 Å². The number of carbonyl (C=O) groups is 1. The Hall–Kier alpha value is -1.55. The van der Waals surface area contributed by atoms with Crippen LogP contribution >= 0.6 is 0 Å². The zero-order valence-electron chi connectivity index (χ0n) is 7.07. The van der Waals surface area contributed by atoms with E-state index >= 15 is 0 Å². The maximum absolute atomic E-state index is 10.4. The molecule has 0 saturated carbocycles. The summed E-state index contributed by atoms with van der Waals surface area (Å²) in [6.07, 6.45) is 0. The molecule has 0 radical (unpaired) electrons. The summed E-state index contributed by atoms with van der Waals surface area (Å²) < 4.78 is 4.84.